The predicted molar refractivity (Wildman–Crippen MR) is 87.5 cm³/mol. The van der Waals surface area contributed by atoms with Crippen LogP contribution in [0.4, 0.5) is 0 Å². The molecular weight excluding hydrogens is 258 g/mol. The number of morpholine rings is 1. The Morgan fingerprint density at radius 2 is 1.48 bits per heavy atom. The zero-order chi connectivity index (χ0) is 14.3. The summed E-state index contributed by atoms with van der Waals surface area (Å²) in [6, 6.07) is 19.6. The molecule has 1 fully saturated rings. The van der Waals surface area contributed by atoms with Crippen LogP contribution in [0.5, 0.6) is 0 Å². The van der Waals surface area contributed by atoms with E-state index in [-0.39, 0.29) is 0 Å². The summed E-state index contributed by atoms with van der Waals surface area (Å²) in [6.07, 6.45) is 2.39. The van der Waals surface area contributed by atoms with Crippen molar-refractivity contribution >= 4 is 0 Å². The third kappa shape index (κ3) is 4.16. The number of aryl methyl sites for hydroxylation is 1. The summed E-state index contributed by atoms with van der Waals surface area (Å²) in [4.78, 5) is 2.50. The van der Waals surface area contributed by atoms with Gasteiger partial charge in [-0.25, -0.2) is 0 Å². The van der Waals surface area contributed by atoms with Gasteiger partial charge < -0.3 is 4.74 Å². The lowest BCUT2D eigenvalue weighted by atomic mass is 10.0. The number of benzene rings is 2. The lowest BCUT2D eigenvalue weighted by molar-refractivity contribution is 0.0375. The minimum absolute atomic E-state index is 0.895. The number of hydrogen-bond donors (Lipinski definition) is 0. The maximum atomic E-state index is 5.38. The molecule has 0 N–H and O–H groups in total. The van der Waals surface area contributed by atoms with E-state index in [0.29, 0.717) is 0 Å². The molecule has 0 saturated carbocycles. The van der Waals surface area contributed by atoms with Gasteiger partial charge in [-0.15, -0.1) is 0 Å². The van der Waals surface area contributed by atoms with Gasteiger partial charge in [0.05, 0.1) is 13.2 Å². The number of nitrogens with zero attached hydrogens (tertiary/aromatic N) is 1. The molecule has 0 bridgehead atoms. The lowest BCUT2D eigenvalue weighted by Crippen LogP contribution is -2.36. The second-order valence-electron chi connectivity index (χ2n) is 5.62. The van der Waals surface area contributed by atoms with Gasteiger partial charge in [0.15, 0.2) is 0 Å². The predicted octanol–water partition coefficient (Wildman–Crippen LogP) is 3.62. The minimum atomic E-state index is 0.895. The van der Waals surface area contributed by atoms with Gasteiger partial charge >= 0.3 is 0 Å². The lowest BCUT2D eigenvalue weighted by Gasteiger charge is -2.26. The van der Waals surface area contributed by atoms with Crippen molar-refractivity contribution in [3.05, 3.63) is 60.2 Å². The van der Waals surface area contributed by atoms with Crippen LogP contribution >= 0.6 is 0 Å². The second-order valence-corrected chi connectivity index (χ2v) is 5.62. The van der Waals surface area contributed by atoms with Crippen LogP contribution in [0.1, 0.15) is 12.0 Å². The third-order valence-corrected chi connectivity index (χ3v) is 4.10. The van der Waals surface area contributed by atoms with Crippen molar-refractivity contribution < 1.29 is 4.74 Å². The maximum absolute atomic E-state index is 5.38. The molecule has 0 unspecified atom stereocenters. The van der Waals surface area contributed by atoms with Crippen molar-refractivity contribution in [2.45, 2.75) is 12.8 Å². The van der Waals surface area contributed by atoms with Crippen LogP contribution in [0.15, 0.2) is 54.6 Å². The number of rotatable bonds is 5. The summed E-state index contributed by atoms with van der Waals surface area (Å²) in [5.74, 6) is 0. The van der Waals surface area contributed by atoms with Crippen LogP contribution < -0.4 is 0 Å². The number of hydrogen-bond acceptors (Lipinski definition) is 2. The Morgan fingerprint density at radius 3 is 2.19 bits per heavy atom. The molecule has 0 radical (unpaired) electrons. The van der Waals surface area contributed by atoms with Crippen LogP contribution in [0.25, 0.3) is 11.1 Å². The fraction of sp³-hybridized carbons (Fsp3) is 0.368. The summed E-state index contributed by atoms with van der Waals surface area (Å²) >= 11 is 0. The van der Waals surface area contributed by atoms with Crippen molar-refractivity contribution in [3.63, 3.8) is 0 Å². The Hall–Kier alpha value is -1.64. The molecule has 0 aliphatic carbocycles. The highest BCUT2D eigenvalue weighted by Crippen LogP contribution is 2.19. The van der Waals surface area contributed by atoms with Crippen molar-refractivity contribution in [2.24, 2.45) is 0 Å². The molecule has 110 valence electrons. The maximum Gasteiger partial charge on any atom is 0.0594 e. The highest BCUT2D eigenvalue weighted by Gasteiger charge is 2.09. The minimum Gasteiger partial charge on any atom is -0.379 e. The van der Waals surface area contributed by atoms with Crippen LogP contribution in [-0.2, 0) is 11.2 Å². The molecule has 2 nitrogen and oxygen atoms in total. The Balaban J connectivity index is 1.50. The molecule has 1 saturated heterocycles. The molecule has 0 atom stereocenters. The zero-order valence-electron chi connectivity index (χ0n) is 12.5. The van der Waals surface area contributed by atoms with Gasteiger partial charge in [-0.3, -0.25) is 4.90 Å². The smallest absolute Gasteiger partial charge is 0.0594 e. The first-order chi connectivity index (χ1) is 10.4. The molecule has 1 heterocycles. The average Bonchev–Trinajstić information content (AvgIpc) is 2.57. The first-order valence-electron chi connectivity index (χ1n) is 7.86. The molecule has 2 aromatic carbocycles. The molecule has 21 heavy (non-hydrogen) atoms. The quantitative estimate of drug-likeness (QED) is 0.830. The largest absolute Gasteiger partial charge is 0.379 e. The fourth-order valence-corrected chi connectivity index (χ4v) is 2.83. The van der Waals surface area contributed by atoms with Gasteiger partial charge in [-0.2, -0.15) is 0 Å². The van der Waals surface area contributed by atoms with E-state index in [1.807, 2.05) is 0 Å². The van der Waals surface area contributed by atoms with E-state index in [2.05, 4.69) is 59.5 Å². The third-order valence-electron chi connectivity index (χ3n) is 4.10. The van der Waals surface area contributed by atoms with Crippen molar-refractivity contribution in [3.8, 4) is 11.1 Å². The molecular formula is C19H23NO. The molecule has 3 rings (SSSR count). The molecule has 2 heteroatoms. The normalized spacial score (nSPS) is 16.0. The molecule has 2 aromatic rings. The highest BCUT2D eigenvalue weighted by molar-refractivity contribution is 5.63. The average molecular weight is 281 g/mol. The van der Waals surface area contributed by atoms with Gasteiger partial charge in [-0.05, 0) is 36.1 Å². The standard InChI is InChI=1S/C19H23NO/c1-2-6-18(7-3-1)19-10-8-17(9-11-19)5-4-12-20-13-15-21-16-14-20/h1-3,6-11H,4-5,12-16H2. The van der Waals surface area contributed by atoms with Crippen LogP contribution in [0.2, 0.25) is 0 Å². The Kier molecular flexibility index (Phi) is 5.03. The van der Waals surface area contributed by atoms with Gasteiger partial charge in [0, 0.05) is 13.1 Å². The Morgan fingerprint density at radius 1 is 0.810 bits per heavy atom. The molecule has 1 aliphatic rings. The van der Waals surface area contributed by atoms with Gasteiger partial charge in [-0.1, -0.05) is 54.6 Å². The topological polar surface area (TPSA) is 12.5 Å². The van der Waals surface area contributed by atoms with Crippen LogP contribution in [0.3, 0.4) is 0 Å². The van der Waals surface area contributed by atoms with E-state index < -0.39 is 0 Å². The summed E-state index contributed by atoms with van der Waals surface area (Å²) < 4.78 is 5.38. The number of ether oxygens (including phenoxy) is 1. The first-order valence-corrected chi connectivity index (χ1v) is 7.86. The highest BCUT2D eigenvalue weighted by atomic mass is 16.5. The van der Waals surface area contributed by atoms with Crippen LogP contribution in [0, 0.1) is 0 Å². The zero-order valence-corrected chi connectivity index (χ0v) is 12.5. The van der Waals surface area contributed by atoms with E-state index in [1.165, 1.54) is 29.7 Å². The Bertz CT molecular complexity index is 529. The van der Waals surface area contributed by atoms with Crippen molar-refractivity contribution in [2.75, 3.05) is 32.8 Å². The van der Waals surface area contributed by atoms with E-state index in [0.717, 1.165) is 32.7 Å². The van der Waals surface area contributed by atoms with Crippen LogP contribution in [-0.4, -0.2) is 37.7 Å². The summed E-state index contributed by atoms with van der Waals surface area (Å²) in [6.45, 7) is 5.15. The van der Waals surface area contributed by atoms with Gasteiger partial charge in [0.2, 0.25) is 0 Å². The van der Waals surface area contributed by atoms with E-state index in [4.69, 9.17) is 4.74 Å². The molecule has 0 spiro atoms. The monoisotopic (exact) mass is 281 g/mol. The van der Waals surface area contributed by atoms with E-state index in [9.17, 15) is 0 Å². The SMILES string of the molecule is c1ccc(-c2ccc(CCCN3CCOCC3)cc2)cc1. The summed E-state index contributed by atoms with van der Waals surface area (Å²) in [5, 5.41) is 0. The van der Waals surface area contributed by atoms with Crippen molar-refractivity contribution in [1.29, 1.82) is 0 Å². The molecule has 0 amide bonds. The molecule has 1 aliphatic heterocycles. The van der Waals surface area contributed by atoms with Gasteiger partial charge in [0.25, 0.3) is 0 Å². The van der Waals surface area contributed by atoms with Gasteiger partial charge in [0.1, 0.15) is 0 Å². The summed E-state index contributed by atoms with van der Waals surface area (Å²) in [7, 11) is 0. The first kappa shape index (κ1) is 14.3. The summed E-state index contributed by atoms with van der Waals surface area (Å²) in [5.41, 5.74) is 4.02. The van der Waals surface area contributed by atoms with E-state index in [1.54, 1.807) is 0 Å². The second kappa shape index (κ2) is 7.39. The van der Waals surface area contributed by atoms with Crippen molar-refractivity contribution in [1.82, 2.24) is 4.90 Å². The van der Waals surface area contributed by atoms with E-state index >= 15 is 0 Å². The fourth-order valence-electron chi connectivity index (χ4n) is 2.83. The molecule has 0 aromatic heterocycles. The Labute approximate surface area is 127 Å².